The third-order valence-corrected chi connectivity index (χ3v) is 3.00. The van der Waals surface area contributed by atoms with E-state index in [0.29, 0.717) is 10.5 Å². The smallest absolute Gasteiger partial charge is 0.340 e. The molecular weight excluding hydrogens is 299 g/mol. The first-order valence-electron chi connectivity index (χ1n) is 4.67. The lowest BCUT2D eigenvalue weighted by atomic mass is 10.2. The summed E-state index contributed by atoms with van der Waals surface area (Å²) >= 11 is 3.18. The molecule has 0 aliphatic rings. The van der Waals surface area contributed by atoms with Crippen molar-refractivity contribution in [1.82, 2.24) is 4.57 Å². The van der Waals surface area contributed by atoms with E-state index in [9.17, 15) is 18.0 Å². The van der Waals surface area contributed by atoms with Gasteiger partial charge in [0, 0.05) is 23.0 Å². The Morgan fingerprint density at radius 1 is 1.24 bits per heavy atom. The monoisotopic (exact) mass is 305 g/mol. The molecule has 0 fully saturated rings. The van der Waals surface area contributed by atoms with E-state index in [0.717, 1.165) is 4.57 Å². The van der Waals surface area contributed by atoms with Crippen molar-refractivity contribution in [2.45, 2.75) is 6.18 Å². The van der Waals surface area contributed by atoms with Crippen molar-refractivity contribution in [2.75, 3.05) is 0 Å². The summed E-state index contributed by atoms with van der Waals surface area (Å²) in [5.74, 6) is 0. The summed E-state index contributed by atoms with van der Waals surface area (Å²) in [6, 6.07) is 5.21. The minimum Gasteiger partial charge on any atom is -0.340 e. The Bertz CT molecular complexity index is 645. The second-order valence-corrected chi connectivity index (χ2v) is 4.53. The Morgan fingerprint density at radius 2 is 1.88 bits per heavy atom. The molecule has 0 bridgehead atoms. The van der Waals surface area contributed by atoms with E-state index < -0.39 is 17.3 Å². The molecule has 0 saturated carbocycles. The Labute approximate surface area is 103 Å². The summed E-state index contributed by atoms with van der Waals surface area (Å²) in [6.07, 6.45) is -4.53. The number of pyridine rings is 1. The lowest BCUT2D eigenvalue weighted by Crippen LogP contribution is -2.19. The van der Waals surface area contributed by atoms with Crippen molar-refractivity contribution in [2.24, 2.45) is 7.05 Å². The van der Waals surface area contributed by atoms with Gasteiger partial charge in [0.2, 0.25) is 0 Å². The van der Waals surface area contributed by atoms with Gasteiger partial charge in [-0.05, 0) is 18.2 Å². The van der Waals surface area contributed by atoms with Crippen LogP contribution >= 0.6 is 15.9 Å². The molecule has 90 valence electrons. The van der Waals surface area contributed by atoms with Crippen LogP contribution in [0.5, 0.6) is 0 Å². The fourth-order valence-corrected chi connectivity index (χ4v) is 2.06. The van der Waals surface area contributed by atoms with Gasteiger partial charge >= 0.3 is 6.18 Å². The lowest BCUT2D eigenvalue weighted by molar-refractivity contribution is -0.143. The van der Waals surface area contributed by atoms with Crippen LogP contribution in [0, 0.1) is 0 Å². The van der Waals surface area contributed by atoms with Crippen LogP contribution in [-0.2, 0) is 13.2 Å². The maximum atomic E-state index is 12.7. The SMILES string of the molecule is Cn1c(C(F)(F)F)cc(=O)c2cc(Br)ccc21. The number of aryl methyl sites for hydroxylation is 1. The molecule has 2 aromatic rings. The first-order chi connectivity index (χ1) is 7.80. The molecule has 1 aromatic heterocycles. The quantitative estimate of drug-likeness (QED) is 0.732. The molecule has 0 aliphatic heterocycles. The Kier molecular flexibility index (Phi) is 2.77. The first-order valence-corrected chi connectivity index (χ1v) is 5.46. The molecule has 2 rings (SSSR count). The highest BCUT2D eigenvalue weighted by Gasteiger charge is 2.34. The van der Waals surface area contributed by atoms with E-state index in [1.165, 1.54) is 19.2 Å². The molecule has 6 heteroatoms. The van der Waals surface area contributed by atoms with Gasteiger partial charge < -0.3 is 4.57 Å². The number of halogens is 4. The van der Waals surface area contributed by atoms with E-state index >= 15 is 0 Å². The van der Waals surface area contributed by atoms with Crippen molar-refractivity contribution >= 4 is 26.8 Å². The lowest BCUT2D eigenvalue weighted by Gasteiger charge is -2.14. The maximum absolute atomic E-state index is 12.7. The summed E-state index contributed by atoms with van der Waals surface area (Å²) in [7, 11) is 1.29. The number of nitrogens with zero attached hydrogens (tertiary/aromatic N) is 1. The van der Waals surface area contributed by atoms with Gasteiger partial charge in [-0.15, -0.1) is 0 Å². The minimum atomic E-state index is -4.53. The van der Waals surface area contributed by atoms with Crippen LogP contribution in [0.4, 0.5) is 13.2 Å². The molecule has 0 radical (unpaired) electrons. The fraction of sp³-hybridized carbons (Fsp3) is 0.182. The molecule has 0 aliphatic carbocycles. The van der Waals surface area contributed by atoms with E-state index in [2.05, 4.69) is 15.9 Å². The zero-order valence-electron chi connectivity index (χ0n) is 8.68. The molecule has 0 atom stereocenters. The molecule has 0 N–H and O–H groups in total. The van der Waals surface area contributed by atoms with Crippen molar-refractivity contribution in [3.8, 4) is 0 Å². The Morgan fingerprint density at radius 3 is 2.47 bits per heavy atom. The number of benzene rings is 1. The van der Waals surface area contributed by atoms with Crippen LogP contribution in [-0.4, -0.2) is 4.57 Å². The summed E-state index contributed by atoms with van der Waals surface area (Å²) in [5.41, 5.74) is -1.32. The zero-order valence-corrected chi connectivity index (χ0v) is 10.3. The number of hydrogen-bond donors (Lipinski definition) is 0. The Balaban J connectivity index is 2.91. The van der Waals surface area contributed by atoms with E-state index in [4.69, 9.17) is 0 Å². The van der Waals surface area contributed by atoms with Gasteiger partial charge in [0.25, 0.3) is 0 Å². The average Bonchev–Trinajstić information content (AvgIpc) is 2.21. The number of fused-ring (bicyclic) bond motifs is 1. The number of alkyl halides is 3. The van der Waals surface area contributed by atoms with Crippen LogP contribution in [0.25, 0.3) is 10.9 Å². The van der Waals surface area contributed by atoms with Crippen LogP contribution in [0.15, 0.2) is 33.5 Å². The van der Waals surface area contributed by atoms with Gasteiger partial charge in [0.05, 0.1) is 5.52 Å². The summed E-state index contributed by atoms with van der Waals surface area (Å²) in [5, 5.41) is 0.259. The molecule has 0 amide bonds. The van der Waals surface area contributed by atoms with E-state index in [1.54, 1.807) is 6.07 Å². The van der Waals surface area contributed by atoms with Gasteiger partial charge in [-0.1, -0.05) is 15.9 Å². The van der Waals surface area contributed by atoms with Gasteiger partial charge in [-0.2, -0.15) is 13.2 Å². The molecule has 0 saturated heterocycles. The third kappa shape index (κ3) is 2.09. The van der Waals surface area contributed by atoms with Gasteiger partial charge in [0.1, 0.15) is 5.69 Å². The molecule has 1 heterocycles. The standard InChI is InChI=1S/C11H7BrF3NO/c1-16-8-3-2-6(12)4-7(8)9(17)5-10(16)11(13,14)15/h2-5H,1H3. The van der Waals surface area contributed by atoms with Crippen molar-refractivity contribution in [1.29, 1.82) is 0 Å². The summed E-state index contributed by atoms with van der Waals surface area (Å²) in [6.45, 7) is 0. The molecule has 0 spiro atoms. The molecule has 2 nitrogen and oxygen atoms in total. The second kappa shape index (κ2) is 3.87. The highest BCUT2D eigenvalue weighted by Crippen LogP contribution is 2.30. The minimum absolute atomic E-state index is 0.257. The zero-order chi connectivity index (χ0) is 12.8. The van der Waals surface area contributed by atoms with Crippen molar-refractivity contribution in [3.63, 3.8) is 0 Å². The normalized spacial score (nSPS) is 12.1. The first kappa shape index (κ1) is 12.2. The van der Waals surface area contributed by atoms with Crippen molar-refractivity contribution < 1.29 is 13.2 Å². The molecule has 0 unspecified atom stereocenters. The predicted octanol–water partition coefficient (Wildman–Crippen LogP) is 3.32. The van der Waals surface area contributed by atoms with Gasteiger partial charge in [-0.3, -0.25) is 4.79 Å². The van der Waals surface area contributed by atoms with Crippen molar-refractivity contribution in [3.05, 3.63) is 44.7 Å². The number of aromatic nitrogens is 1. The summed E-state index contributed by atoms with van der Waals surface area (Å²) < 4.78 is 39.6. The highest BCUT2D eigenvalue weighted by atomic mass is 79.9. The highest BCUT2D eigenvalue weighted by molar-refractivity contribution is 9.10. The number of hydrogen-bond acceptors (Lipinski definition) is 1. The van der Waals surface area contributed by atoms with E-state index in [1.807, 2.05) is 0 Å². The van der Waals surface area contributed by atoms with Gasteiger partial charge in [-0.25, -0.2) is 0 Å². The van der Waals surface area contributed by atoms with Crippen LogP contribution < -0.4 is 5.43 Å². The molecule has 17 heavy (non-hydrogen) atoms. The van der Waals surface area contributed by atoms with E-state index in [-0.39, 0.29) is 10.9 Å². The second-order valence-electron chi connectivity index (χ2n) is 3.61. The molecule has 1 aromatic carbocycles. The third-order valence-electron chi connectivity index (χ3n) is 2.51. The maximum Gasteiger partial charge on any atom is 0.431 e. The van der Waals surface area contributed by atoms with Crippen LogP contribution in [0.2, 0.25) is 0 Å². The largest absolute Gasteiger partial charge is 0.431 e. The molecular formula is C11H7BrF3NO. The Hall–Kier alpha value is -1.30. The predicted molar refractivity (Wildman–Crippen MR) is 61.9 cm³/mol. The summed E-state index contributed by atoms with van der Waals surface area (Å²) in [4.78, 5) is 11.6. The fourth-order valence-electron chi connectivity index (χ4n) is 1.70. The average molecular weight is 306 g/mol. The van der Waals surface area contributed by atoms with Crippen LogP contribution in [0.1, 0.15) is 5.69 Å². The number of rotatable bonds is 0. The van der Waals surface area contributed by atoms with Crippen LogP contribution in [0.3, 0.4) is 0 Å². The topological polar surface area (TPSA) is 22.0 Å². The van der Waals surface area contributed by atoms with Gasteiger partial charge in [0.15, 0.2) is 5.43 Å².